The van der Waals surface area contributed by atoms with Gasteiger partial charge < -0.3 is 4.57 Å². The SMILES string of the molecule is CC(=O)CCn1ccc2c(Cl)cccc21. The first kappa shape index (κ1) is 10.2. The Bertz CT molecular complexity index is 501. The predicted octanol–water partition coefficient (Wildman–Crippen LogP) is 3.27. The monoisotopic (exact) mass is 221 g/mol. The fraction of sp³-hybridized carbons (Fsp3) is 0.250. The first-order valence-corrected chi connectivity index (χ1v) is 5.29. The Morgan fingerprint density at radius 3 is 2.93 bits per heavy atom. The van der Waals surface area contributed by atoms with Gasteiger partial charge in [0.15, 0.2) is 0 Å². The maximum Gasteiger partial charge on any atom is 0.131 e. The molecular formula is C12H12ClNO. The zero-order chi connectivity index (χ0) is 10.8. The van der Waals surface area contributed by atoms with Crippen molar-refractivity contribution in [1.29, 1.82) is 0 Å². The lowest BCUT2D eigenvalue weighted by Gasteiger charge is -2.03. The molecule has 0 bridgehead atoms. The third-order valence-corrected chi connectivity index (χ3v) is 2.79. The molecule has 1 aromatic heterocycles. The molecule has 2 nitrogen and oxygen atoms in total. The van der Waals surface area contributed by atoms with Crippen molar-refractivity contribution in [1.82, 2.24) is 4.57 Å². The van der Waals surface area contributed by atoms with E-state index in [1.54, 1.807) is 6.92 Å². The summed E-state index contributed by atoms with van der Waals surface area (Å²) >= 11 is 6.05. The average Bonchev–Trinajstić information content (AvgIpc) is 2.59. The highest BCUT2D eigenvalue weighted by molar-refractivity contribution is 6.35. The lowest BCUT2D eigenvalue weighted by atomic mass is 10.2. The maximum atomic E-state index is 10.9. The number of carbonyl (C=O) groups is 1. The normalized spacial score (nSPS) is 10.8. The summed E-state index contributed by atoms with van der Waals surface area (Å²) in [5.41, 5.74) is 1.09. The van der Waals surface area contributed by atoms with Crippen LogP contribution >= 0.6 is 11.6 Å². The van der Waals surface area contributed by atoms with Crippen LogP contribution in [0.3, 0.4) is 0 Å². The van der Waals surface area contributed by atoms with Crippen LogP contribution in [0, 0.1) is 0 Å². The zero-order valence-electron chi connectivity index (χ0n) is 8.53. The van der Waals surface area contributed by atoms with E-state index in [4.69, 9.17) is 11.6 Å². The summed E-state index contributed by atoms with van der Waals surface area (Å²) in [5.74, 6) is 0.207. The Morgan fingerprint density at radius 1 is 1.40 bits per heavy atom. The molecule has 0 radical (unpaired) electrons. The number of benzene rings is 1. The van der Waals surface area contributed by atoms with Gasteiger partial charge >= 0.3 is 0 Å². The Morgan fingerprint density at radius 2 is 2.20 bits per heavy atom. The van der Waals surface area contributed by atoms with Crippen LogP contribution in [0.25, 0.3) is 10.9 Å². The molecule has 1 heterocycles. The molecule has 0 saturated heterocycles. The second-order valence-electron chi connectivity index (χ2n) is 3.63. The van der Waals surface area contributed by atoms with Crippen molar-refractivity contribution in [3.63, 3.8) is 0 Å². The van der Waals surface area contributed by atoms with Gasteiger partial charge in [0.2, 0.25) is 0 Å². The number of aromatic nitrogens is 1. The number of fused-ring (bicyclic) bond motifs is 1. The van der Waals surface area contributed by atoms with Crippen LogP contribution in [-0.4, -0.2) is 10.4 Å². The highest BCUT2D eigenvalue weighted by Gasteiger charge is 2.04. The first-order valence-electron chi connectivity index (χ1n) is 4.91. The molecule has 0 aliphatic heterocycles. The second-order valence-corrected chi connectivity index (χ2v) is 4.04. The minimum absolute atomic E-state index is 0.207. The molecule has 0 aliphatic carbocycles. The predicted molar refractivity (Wildman–Crippen MR) is 62.2 cm³/mol. The van der Waals surface area contributed by atoms with Crippen LogP contribution in [-0.2, 0) is 11.3 Å². The van der Waals surface area contributed by atoms with E-state index in [2.05, 4.69) is 4.57 Å². The van der Waals surface area contributed by atoms with Crippen LogP contribution in [0.5, 0.6) is 0 Å². The third kappa shape index (κ3) is 2.05. The third-order valence-electron chi connectivity index (χ3n) is 2.47. The molecule has 0 spiro atoms. The lowest BCUT2D eigenvalue weighted by Crippen LogP contribution is -2.00. The van der Waals surface area contributed by atoms with Crippen LogP contribution in [0.2, 0.25) is 5.02 Å². The largest absolute Gasteiger partial charge is 0.347 e. The molecule has 0 saturated carbocycles. The molecule has 2 aromatic rings. The Hall–Kier alpha value is -1.28. The quantitative estimate of drug-likeness (QED) is 0.780. The van der Waals surface area contributed by atoms with Crippen molar-refractivity contribution < 1.29 is 4.79 Å². The molecule has 0 amide bonds. The molecule has 0 fully saturated rings. The summed E-state index contributed by atoms with van der Waals surface area (Å²) in [5, 5.41) is 1.80. The minimum Gasteiger partial charge on any atom is -0.347 e. The van der Waals surface area contributed by atoms with Gasteiger partial charge in [0.1, 0.15) is 5.78 Å². The summed E-state index contributed by atoms with van der Waals surface area (Å²) in [6.45, 7) is 2.33. The minimum atomic E-state index is 0.207. The molecule has 3 heteroatoms. The van der Waals surface area contributed by atoms with Gasteiger partial charge in [-0.15, -0.1) is 0 Å². The van der Waals surface area contributed by atoms with Gasteiger partial charge in [0.05, 0.1) is 0 Å². The number of aryl methyl sites for hydroxylation is 1. The van der Waals surface area contributed by atoms with Gasteiger partial charge in [-0.3, -0.25) is 4.79 Å². The summed E-state index contributed by atoms with van der Waals surface area (Å²) in [7, 11) is 0. The molecule has 1 aromatic carbocycles. The van der Waals surface area contributed by atoms with Crippen LogP contribution in [0.4, 0.5) is 0 Å². The Balaban J connectivity index is 2.37. The number of Topliss-reactive ketones (excluding diaryl/α,β-unsaturated/α-hetero) is 1. The number of ketones is 1. The summed E-state index contributed by atoms with van der Waals surface area (Å²) in [6.07, 6.45) is 2.54. The Labute approximate surface area is 93.5 Å². The molecule has 0 unspecified atom stereocenters. The van der Waals surface area contributed by atoms with E-state index >= 15 is 0 Å². The van der Waals surface area contributed by atoms with Crippen molar-refractivity contribution in [3.05, 3.63) is 35.5 Å². The summed E-state index contributed by atoms with van der Waals surface area (Å²) in [6, 6.07) is 7.80. The standard InChI is InChI=1S/C12H12ClNO/c1-9(15)5-7-14-8-6-10-11(13)3-2-4-12(10)14/h2-4,6,8H,5,7H2,1H3. The number of rotatable bonds is 3. The molecule has 0 aliphatic rings. The summed E-state index contributed by atoms with van der Waals surface area (Å²) in [4.78, 5) is 10.9. The number of nitrogens with zero attached hydrogens (tertiary/aromatic N) is 1. The summed E-state index contributed by atoms with van der Waals surface area (Å²) < 4.78 is 2.06. The van der Waals surface area contributed by atoms with Crippen molar-refractivity contribution in [3.8, 4) is 0 Å². The zero-order valence-corrected chi connectivity index (χ0v) is 9.29. The fourth-order valence-corrected chi connectivity index (χ4v) is 1.89. The first-order chi connectivity index (χ1) is 7.18. The molecule has 0 N–H and O–H groups in total. The van der Waals surface area contributed by atoms with Crippen LogP contribution < -0.4 is 0 Å². The lowest BCUT2D eigenvalue weighted by molar-refractivity contribution is -0.117. The van der Waals surface area contributed by atoms with E-state index < -0.39 is 0 Å². The molecule has 2 rings (SSSR count). The molecule has 78 valence electrons. The van der Waals surface area contributed by atoms with E-state index in [1.807, 2.05) is 30.5 Å². The topological polar surface area (TPSA) is 22.0 Å². The van der Waals surface area contributed by atoms with E-state index in [-0.39, 0.29) is 5.78 Å². The van der Waals surface area contributed by atoms with Crippen LogP contribution in [0.15, 0.2) is 30.5 Å². The van der Waals surface area contributed by atoms with Gasteiger partial charge in [-0.1, -0.05) is 17.7 Å². The Kier molecular flexibility index (Phi) is 2.78. The molecular weight excluding hydrogens is 210 g/mol. The number of hydrogen-bond acceptors (Lipinski definition) is 1. The van der Waals surface area contributed by atoms with E-state index in [9.17, 15) is 4.79 Å². The highest BCUT2D eigenvalue weighted by Crippen LogP contribution is 2.24. The van der Waals surface area contributed by atoms with Crippen LogP contribution in [0.1, 0.15) is 13.3 Å². The van der Waals surface area contributed by atoms with E-state index in [0.29, 0.717) is 6.42 Å². The van der Waals surface area contributed by atoms with Gasteiger partial charge in [0, 0.05) is 35.1 Å². The smallest absolute Gasteiger partial charge is 0.131 e. The average molecular weight is 222 g/mol. The number of hydrogen-bond donors (Lipinski definition) is 0. The maximum absolute atomic E-state index is 10.9. The second kappa shape index (κ2) is 4.07. The molecule has 15 heavy (non-hydrogen) atoms. The molecule has 0 atom stereocenters. The fourth-order valence-electron chi connectivity index (χ4n) is 1.66. The van der Waals surface area contributed by atoms with Crippen molar-refractivity contribution in [2.45, 2.75) is 19.9 Å². The van der Waals surface area contributed by atoms with Crippen molar-refractivity contribution >= 4 is 28.3 Å². The van der Waals surface area contributed by atoms with E-state index in [0.717, 1.165) is 22.5 Å². The van der Waals surface area contributed by atoms with Gasteiger partial charge in [-0.25, -0.2) is 0 Å². The van der Waals surface area contributed by atoms with Gasteiger partial charge in [-0.2, -0.15) is 0 Å². The van der Waals surface area contributed by atoms with Gasteiger partial charge in [-0.05, 0) is 25.1 Å². The number of carbonyl (C=O) groups excluding carboxylic acids is 1. The van der Waals surface area contributed by atoms with Gasteiger partial charge in [0.25, 0.3) is 0 Å². The number of halogens is 1. The van der Waals surface area contributed by atoms with Crippen molar-refractivity contribution in [2.24, 2.45) is 0 Å². The van der Waals surface area contributed by atoms with Crippen molar-refractivity contribution in [2.75, 3.05) is 0 Å². The highest BCUT2D eigenvalue weighted by atomic mass is 35.5. The van der Waals surface area contributed by atoms with E-state index in [1.165, 1.54) is 0 Å².